The van der Waals surface area contributed by atoms with E-state index in [4.69, 9.17) is 11.6 Å². The zero-order valence-electron chi connectivity index (χ0n) is 13.8. The van der Waals surface area contributed by atoms with Gasteiger partial charge in [-0.15, -0.1) is 0 Å². The van der Waals surface area contributed by atoms with Crippen LogP contribution in [0.3, 0.4) is 0 Å². The maximum atomic E-state index is 14.0. The Balaban J connectivity index is 1.62. The Kier molecular flexibility index (Phi) is 3.84. The third-order valence-corrected chi connectivity index (χ3v) is 4.35. The van der Waals surface area contributed by atoms with Gasteiger partial charge in [0.25, 0.3) is 0 Å². The van der Waals surface area contributed by atoms with Crippen LogP contribution in [0.1, 0.15) is 22.9 Å². The fourth-order valence-corrected chi connectivity index (χ4v) is 3.03. The quantitative estimate of drug-likeness (QED) is 0.560. The van der Waals surface area contributed by atoms with Crippen LogP contribution in [0.15, 0.2) is 30.5 Å². The van der Waals surface area contributed by atoms with Crippen molar-refractivity contribution in [3.05, 3.63) is 64.2 Å². The van der Waals surface area contributed by atoms with Crippen molar-refractivity contribution >= 4 is 28.2 Å². The van der Waals surface area contributed by atoms with Crippen LogP contribution in [0.4, 0.5) is 4.39 Å². The Labute approximate surface area is 148 Å². The van der Waals surface area contributed by atoms with E-state index in [2.05, 4.69) is 20.1 Å². The van der Waals surface area contributed by atoms with Crippen LogP contribution in [0.25, 0.3) is 16.6 Å². The summed E-state index contributed by atoms with van der Waals surface area (Å²) >= 11 is 5.88. The lowest BCUT2D eigenvalue weighted by atomic mass is 10.1. The van der Waals surface area contributed by atoms with Gasteiger partial charge in [-0.3, -0.25) is 4.98 Å². The number of hydrogen-bond donors (Lipinski definition) is 0. The molecule has 0 N–H and O–H groups in total. The first-order valence-electron chi connectivity index (χ1n) is 7.94. The molecule has 4 aromatic rings. The molecule has 126 valence electrons. The highest BCUT2D eigenvalue weighted by molar-refractivity contribution is 6.31. The van der Waals surface area contributed by atoms with E-state index in [1.807, 2.05) is 26.0 Å². The van der Waals surface area contributed by atoms with E-state index in [9.17, 15) is 4.39 Å². The fourth-order valence-electron chi connectivity index (χ4n) is 2.82. The zero-order valence-corrected chi connectivity index (χ0v) is 14.5. The van der Waals surface area contributed by atoms with Gasteiger partial charge >= 0.3 is 0 Å². The SMILES string of the molecule is Cc1ncc(C)n2nc(CCc3ccc4cc(Cl)cc(F)c4n3)nc12. The summed E-state index contributed by atoms with van der Waals surface area (Å²) in [5.41, 5.74) is 3.66. The van der Waals surface area contributed by atoms with E-state index in [-0.39, 0.29) is 0 Å². The van der Waals surface area contributed by atoms with Gasteiger partial charge in [-0.05, 0) is 38.5 Å². The average molecular weight is 356 g/mol. The lowest BCUT2D eigenvalue weighted by Gasteiger charge is -2.03. The van der Waals surface area contributed by atoms with E-state index in [1.54, 1.807) is 16.8 Å². The average Bonchev–Trinajstić information content (AvgIpc) is 3.02. The molecule has 0 unspecified atom stereocenters. The van der Waals surface area contributed by atoms with Crippen molar-refractivity contribution in [1.29, 1.82) is 0 Å². The molecular weight excluding hydrogens is 341 g/mol. The highest BCUT2D eigenvalue weighted by atomic mass is 35.5. The molecule has 0 bridgehead atoms. The molecular formula is C18H15ClFN5. The van der Waals surface area contributed by atoms with Gasteiger partial charge in [0.05, 0.1) is 11.4 Å². The van der Waals surface area contributed by atoms with Gasteiger partial charge in [0.1, 0.15) is 5.52 Å². The minimum atomic E-state index is -0.410. The molecule has 0 saturated carbocycles. The van der Waals surface area contributed by atoms with Gasteiger partial charge in [-0.25, -0.2) is 18.9 Å². The predicted octanol–water partition coefficient (Wildman–Crippen LogP) is 3.87. The van der Waals surface area contributed by atoms with Crippen LogP contribution in [-0.2, 0) is 12.8 Å². The largest absolute Gasteiger partial charge is 0.256 e. The Bertz CT molecular complexity index is 1070. The normalized spacial score (nSPS) is 11.5. The summed E-state index contributed by atoms with van der Waals surface area (Å²) < 4.78 is 15.8. The maximum Gasteiger partial charge on any atom is 0.177 e. The number of nitrogens with zero attached hydrogens (tertiary/aromatic N) is 5. The minimum Gasteiger partial charge on any atom is -0.256 e. The van der Waals surface area contributed by atoms with Crippen LogP contribution in [-0.4, -0.2) is 24.6 Å². The Hall–Kier alpha value is -2.60. The molecule has 3 aromatic heterocycles. The highest BCUT2D eigenvalue weighted by Crippen LogP contribution is 2.22. The number of pyridine rings is 1. The van der Waals surface area contributed by atoms with Crippen molar-refractivity contribution in [3.63, 3.8) is 0 Å². The Morgan fingerprint density at radius 2 is 1.96 bits per heavy atom. The molecule has 3 heterocycles. The number of aromatic nitrogens is 5. The molecule has 5 nitrogen and oxygen atoms in total. The lowest BCUT2D eigenvalue weighted by molar-refractivity contribution is 0.636. The topological polar surface area (TPSA) is 56.0 Å². The number of fused-ring (bicyclic) bond motifs is 2. The van der Waals surface area contributed by atoms with E-state index < -0.39 is 5.82 Å². The second-order valence-corrected chi connectivity index (χ2v) is 6.45. The smallest absolute Gasteiger partial charge is 0.177 e. The summed E-state index contributed by atoms with van der Waals surface area (Å²) in [6.07, 6.45) is 3.02. The molecule has 0 amide bonds. The van der Waals surface area contributed by atoms with Gasteiger partial charge in [-0.1, -0.05) is 17.7 Å². The van der Waals surface area contributed by atoms with Crippen molar-refractivity contribution in [2.45, 2.75) is 26.7 Å². The van der Waals surface area contributed by atoms with Crippen molar-refractivity contribution < 1.29 is 4.39 Å². The first-order valence-corrected chi connectivity index (χ1v) is 8.31. The van der Waals surface area contributed by atoms with Crippen molar-refractivity contribution in [3.8, 4) is 0 Å². The van der Waals surface area contributed by atoms with Gasteiger partial charge in [0.15, 0.2) is 17.3 Å². The molecule has 1 aromatic carbocycles. The van der Waals surface area contributed by atoms with Gasteiger partial charge in [0, 0.05) is 28.7 Å². The number of hydrogen-bond acceptors (Lipinski definition) is 4. The van der Waals surface area contributed by atoms with E-state index in [0.717, 1.165) is 28.6 Å². The third kappa shape index (κ3) is 2.93. The second kappa shape index (κ2) is 6.04. The molecule has 0 fully saturated rings. The van der Waals surface area contributed by atoms with Crippen LogP contribution in [0.5, 0.6) is 0 Å². The van der Waals surface area contributed by atoms with Crippen LogP contribution >= 0.6 is 11.6 Å². The van der Waals surface area contributed by atoms with E-state index in [1.165, 1.54) is 6.07 Å². The van der Waals surface area contributed by atoms with Crippen molar-refractivity contribution in [2.24, 2.45) is 0 Å². The summed E-state index contributed by atoms with van der Waals surface area (Å²) in [6.45, 7) is 3.85. The fraction of sp³-hybridized carbons (Fsp3) is 0.222. The summed E-state index contributed by atoms with van der Waals surface area (Å²) in [5, 5.41) is 5.59. The molecule has 7 heteroatoms. The molecule has 0 aliphatic carbocycles. The summed E-state index contributed by atoms with van der Waals surface area (Å²) in [6, 6.07) is 6.70. The molecule has 0 saturated heterocycles. The van der Waals surface area contributed by atoms with Crippen molar-refractivity contribution in [2.75, 3.05) is 0 Å². The number of benzene rings is 1. The molecule has 25 heavy (non-hydrogen) atoms. The van der Waals surface area contributed by atoms with Crippen molar-refractivity contribution in [1.82, 2.24) is 24.6 Å². The monoisotopic (exact) mass is 355 g/mol. The molecule has 0 radical (unpaired) electrons. The minimum absolute atomic E-state index is 0.334. The number of halogens is 2. The number of rotatable bonds is 3. The number of aryl methyl sites for hydroxylation is 4. The van der Waals surface area contributed by atoms with Crippen LogP contribution < -0.4 is 0 Å². The standard InChI is InChI=1S/C18H15ClFN5/c1-10-9-21-11(2)18-23-16(24-25(10)18)6-5-14-4-3-12-7-13(19)8-15(20)17(12)22-14/h3-4,7-9H,5-6H2,1-2H3. The Morgan fingerprint density at radius 3 is 2.76 bits per heavy atom. The summed E-state index contributed by atoms with van der Waals surface area (Å²) in [4.78, 5) is 13.3. The first kappa shape index (κ1) is 15.9. The molecule has 0 aliphatic heterocycles. The molecule has 0 spiro atoms. The first-order chi connectivity index (χ1) is 12.0. The maximum absolute atomic E-state index is 14.0. The predicted molar refractivity (Wildman–Crippen MR) is 94.4 cm³/mol. The van der Waals surface area contributed by atoms with E-state index in [0.29, 0.717) is 28.8 Å². The Morgan fingerprint density at radius 1 is 1.12 bits per heavy atom. The molecule has 0 atom stereocenters. The third-order valence-electron chi connectivity index (χ3n) is 4.13. The highest BCUT2D eigenvalue weighted by Gasteiger charge is 2.10. The summed E-state index contributed by atoms with van der Waals surface area (Å²) in [5.74, 6) is 0.310. The van der Waals surface area contributed by atoms with Crippen LogP contribution in [0.2, 0.25) is 5.02 Å². The molecule has 0 aliphatic rings. The summed E-state index contributed by atoms with van der Waals surface area (Å²) in [7, 11) is 0. The van der Waals surface area contributed by atoms with E-state index >= 15 is 0 Å². The zero-order chi connectivity index (χ0) is 17.6. The van der Waals surface area contributed by atoms with Gasteiger partial charge < -0.3 is 0 Å². The van der Waals surface area contributed by atoms with Gasteiger partial charge in [0.2, 0.25) is 0 Å². The second-order valence-electron chi connectivity index (χ2n) is 6.01. The molecule has 4 rings (SSSR count). The van der Waals surface area contributed by atoms with Crippen LogP contribution in [0, 0.1) is 19.7 Å². The van der Waals surface area contributed by atoms with Gasteiger partial charge in [-0.2, -0.15) is 5.10 Å². The lowest BCUT2D eigenvalue weighted by Crippen LogP contribution is -1.99.